The van der Waals surface area contributed by atoms with Gasteiger partial charge in [0.1, 0.15) is 0 Å². The van der Waals surface area contributed by atoms with Crippen molar-refractivity contribution in [2.45, 2.75) is 19.0 Å². The predicted molar refractivity (Wildman–Crippen MR) is 73.4 cm³/mol. The van der Waals surface area contributed by atoms with Gasteiger partial charge in [-0.25, -0.2) is 0 Å². The zero-order valence-corrected chi connectivity index (χ0v) is 11.7. The minimum Gasteiger partial charge on any atom is -0.383 e. The zero-order valence-electron chi connectivity index (χ0n) is 10.9. The molecule has 1 heterocycles. The van der Waals surface area contributed by atoms with Crippen LogP contribution < -0.4 is 11.5 Å². The average molecular weight is 285 g/mol. The summed E-state index contributed by atoms with van der Waals surface area (Å²) in [7, 11) is 1.57. The van der Waals surface area contributed by atoms with Gasteiger partial charge in [-0.05, 0) is 11.4 Å². The fraction of sp³-hybridized carbons (Fsp3) is 0.500. The molecule has 1 aromatic rings. The molecule has 6 nitrogen and oxygen atoms in total. The number of hydrogen-bond acceptors (Lipinski definition) is 5. The van der Waals surface area contributed by atoms with Gasteiger partial charge in [0.2, 0.25) is 11.8 Å². The van der Waals surface area contributed by atoms with E-state index in [9.17, 15) is 9.59 Å². The Morgan fingerprint density at radius 1 is 1.53 bits per heavy atom. The van der Waals surface area contributed by atoms with E-state index in [4.69, 9.17) is 16.2 Å². The standard InChI is InChI=1S/C12H19N3O3S/c1-18-5-4-15(8-9-3-2-6-19-9)12(17)10(13)7-11(14)16/h2-3,6,10H,4-5,7-8,13H2,1H3,(H2,14,16). The maximum Gasteiger partial charge on any atom is 0.240 e. The third kappa shape index (κ3) is 5.37. The van der Waals surface area contributed by atoms with Gasteiger partial charge in [-0.2, -0.15) is 0 Å². The van der Waals surface area contributed by atoms with Gasteiger partial charge in [-0.1, -0.05) is 6.07 Å². The number of rotatable bonds is 8. The second-order valence-corrected chi connectivity index (χ2v) is 5.14. The summed E-state index contributed by atoms with van der Waals surface area (Å²) in [5.41, 5.74) is 10.7. The number of methoxy groups -OCH3 is 1. The quantitative estimate of drug-likeness (QED) is 0.698. The SMILES string of the molecule is COCCN(Cc1cccs1)C(=O)C(N)CC(N)=O. The molecule has 106 valence electrons. The summed E-state index contributed by atoms with van der Waals surface area (Å²) in [5.74, 6) is -0.868. The number of thiophene rings is 1. The molecule has 0 bridgehead atoms. The summed E-state index contributed by atoms with van der Waals surface area (Å²) in [4.78, 5) is 25.6. The predicted octanol–water partition coefficient (Wildman–Crippen LogP) is -0.0742. The molecule has 0 radical (unpaired) electrons. The van der Waals surface area contributed by atoms with Gasteiger partial charge in [0.05, 0.1) is 25.6 Å². The Morgan fingerprint density at radius 2 is 2.26 bits per heavy atom. The lowest BCUT2D eigenvalue weighted by molar-refractivity contribution is -0.135. The average Bonchev–Trinajstić information content (AvgIpc) is 2.85. The van der Waals surface area contributed by atoms with E-state index in [-0.39, 0.29) is 12.3 Å². The Kier molecular flexibility index (Phi) is 6.48. The van der Waals surface area contributed by atoms with Gasteiger partial charge in [0.25, 0.3) is 0 Å². The van der Waals surface area contributed by atoms with Crippen molar-refractivity contribution in [2.24, 2.45) is 11.5 Å². The summed E-state index contributed by atoms with van der Waals surface area (Å²) in [6.45, 7) is 1.31. The van der Waals surface area contributed by atoms with E-state index in [1.165, 1.54) is 0 Å². The molecule has 1 atom stereocenters. The lowest BCUT2D eigenvalue weighted by Gasteiger charge is -2.24. The summed E-state index contributed by atoms with van der Waals surface area (Å²) < 4.78 is 4.98. The van der Waals surface area contributed by atoms with Gasteiger partial charge in [-0.3, -0.25) is 9.59 Å². The van der Waals surface area contributed by atoms with E-state index in [1.54, 1.807) is 23.3 Å². The van der Waals surface area contributed by atoms with Crippen molar-refractivity contribution in [1.82, 2.24) is 4.90 Å². The van der Waals surface area contributed by atoms with E-state index in [0.717, 1.165) is 4.88 Å². The van der Waals surface area contributed by atoms with Crippen LogP contribution in [0.25, 0.3) is 0 Å². The first-order valence-corrected chi connectivity index (χ1v) is 6.76. The second kappa shape index (κ2) is 7.88. The highest BCUT2D eigenvalue weighted by atomic mass is 32.1. The van der Waals surface area contributed by atoms with E-state index in [2.05, 4.69) is 0 Å². The molecule has 19 heavy (non-hydrogen) atoms. The van der Waals surface area contributed by atoms with Crippen LogP contribution in [0, 0.1) is 0 Å². The third-order valence-electron chi connectivity index (χ3n) is 2.54. The molecule has 0 aliphatic rings. The van der Waals surface area contributed by atoms with Crippen LogP contribution >= 0.6 is 11.3 Å². The zero-order chi connectivity index (χ0) is 14.3. The lowest BCUT2D eigenvalue weighted by Crippen LogP contribution is -2.46. The van der Waals surface area contributed by atoms with Gasteiger partial charge in [-0.15, -0.1) is 11.3 Å². The van der Waals surface area contributed by atoms with E-state index < -0.39 is 11.9 Å². The van der Waals surface area contributed by atoms with Crippen molar-refractivity contribution < 1.29 is 14.3 Å². The Morgan fingerprint density at radius 3 is 2.79 bits per heavy atom. The number of carbonyl (C=O) groups excluding carboxylic acids is 2. The van der Waals surface area contributed by atoms with Crippen molar-refractivity contribution in [1.29, 1.82) is 0 Å². The number of amides is 2. The largest absolute Gasteiger partial charge is 0.383 e. The van der Waals surface area contributed by atoms with Crippen LogP contribution in [-0.4, -0.2) is 43.0 Å². The molecule has 1 rings (SSSR count). The van der Waals surface area contributed by atoms with Crippen molar-refractivity contribution in [3.63, 3.8) is 0 Å². The molecule has 4 N–H and O–H groups in total. The topological polar surface area (TPSA) is 98.7 Å². The van der Waals surface area contributed by atoms with Crippen LogP contribution in [0.2, 0.25) is 0 Å². The molecular weight excluding hydrogens is 266 g/mol. The Bertz CT molecular complexity index is 408. The monoisotopic (exact) mass is 285 g/mol. The molecule has 2 amide bonds. The van der Waals surface area contributed by atoms with Crippen LogP contribution in [0.4, 0.5) is 0 Å². The van der Waals surface area contributed by atoms with Crippen molar-refractivity contribution in [3.05, 3.63) is 22.4 Å². The fourth-order valence-electron chi connectivity index (χ4n) is 1.60. The summed E-state index contributed by atoms with van der Waals surface area (Å²) in [5, 5.41) is 1.94. The van der Waals surface area contributed by atoms with E-state index in [1.807, 2.05) is 17.5 Å². The minimum atomic E-state index is -0.894. The third-order valence-corrected chi connectivity index (χ3v) is 3.40. The Balaban J connectivity index is 2.66. The molecule has 0 aliphatic heterocycles. The number of hydrogen-bond donors (Lipinski definition) is 2. The molecule has 0 saturated carbocycles. The molecule has 0 spiro atoms. The smallest absolute Gasteiger partial charge is 0.240 e. The van der Waals surface area contributed by atoms with Gasteiger partial charge in [0, 0.05) is 18.5 Å². The van der Waals surface area contributed by atoms with Crippen molar-refractivity contribution in [3.8, 4) is 0 Å². The van der Waals surface area contributed by atoms with Gasteiger partial charge >= 0.3 is 0 Å². The highest BCUT2D eigenvalue weighted by Gasteiger charge is 2.22. The number of carbonyl (C=O) groups is 2. The minimum absolute atomic E-state index is 0.146. The first-order chi connectivity index (χ1) is 9.04. The molecule has 0 aliphatic carbocycles. The number of nitrogens with two attached hydrogens (primary N) is 2. The maximum atomic E-state index is 12.2. The molecular formula is C12H19N3O3S. The highest BCUT2D eigenvalue weighted by molar-refractivity contribution is 7.09. The summed E-state index contributed by atoms with van der Waals surface area (Å²) in [6, 6.07) is 2.97. The second-order valence-electron chi connectivity index (χ2n) is 4.11. The normalized spacial score (nSPS) is 12.1. The molecule has 0 aromatic carbocycles. The number of ether oxygens (including phenoxy) is 1. The number of primary amides is 1. The van der Waals surface area contributed by atoms with Crippen LogP contribution in [0.1, 0.15) is 11.3 Å². The first kappa shape index (κ1) is 15.6. The van der Waals surface area contributed by atoms with Crippen molar-refractivity contribution >= 4 is 23.2 Å². The van der Waals surface area contributed by atoms with Crippen LogP contribution in [0.5, 0.6) is 0 Å². The van der Waals surface area contributed by atoms with Crippen LogP contribution in [-0.2, 0) is 20.9 Å². The Labute approximate surface area is 116 Å². The summed E-state index contributed by atoms with van der Waals surface area (Å²) in [6.07, 6.45) is -0.146. The van der Waals surface area contributed by atoms with Crippen LogP contribution in [0.15, 0.2) is 17.5 Å². The number of nitrogens with zero attached hydrogens (tertiary/aromatic N) is 1. The Hall–Kier alpha value is -1.44. The van der Waals surface area contributed by atoms with E-state index >= 15 is 0 Å². The highest BCUT2D eigenvalue weighted by Crippen LogP contribution is 2.12. The molecule has 0 fully saturated rings. The molecule has 1 unspecified atom stereocenters. The fourth-order valence-corrected chi connectivity index (χ4v) is 2.32. The first-order valence-electron chi connectivity index (χ1n) is 5.88. The molecule has 0 saturated heterocycles. The van der Waals surface area contributed by atoms with Crippen molar-refractivity contribution in [2.75, 3.05) is 20.3 Å². The molecule has 1 aromatic heterocycles. The molecule has 7 heteroatoms. The van der Waals surface area contributed by atoms with E-state index in [0.29, 0.717) is 19.7 Å². The summed E-state index contributed by atoms with van der Waals surface area (Å²) >= 11 is 1.56. The lowest BCUT2D eigenvalue weighted by atomic mass is 10.2. The van der Waals surface area contributed by atoms with Crippen LogP contribution in [0.3, 0.4) is 0 Å². The van der Waals surface area contributed by atoms with Gasteiger partial charge < -0.3 is 21.1 Å². The van der Waals surface area contributed by atoms with Gasteiger partial charge in [0.15, 0.2) is 0 Å². The maximum absolute atomic E-state index is 12.2.